The van der Waals surface area contributed by atoms with Gasteiger partial charge >= 0.3 is 0 Å². The zero-order chi connectivity index (χ0) is 8.69. The molecule has 0 aromatic rings. The Hall–Kier alpha value is -0.0400. The van der Waals surface area contributed by atoms with Gasteiger partial charge in [-0.25, -0.2) is 0 Å². The molecule has 1 atom stereocenters. The summed E-state index contributed by atoms with van der Waals surface area (Å²) >= 11 is 0. The summed E-state index contributed by atoms with van der Waals surface area (Å²) in [6.45, 7) is 8.94. The van der Waals surface area contributed by atoms with Crippen LogP contribution >= 0.6 is 0 Å². The van der Waals surface area contributed by atoms with Crippen LogP contribution in [0.2, 0.25) is 0 Å². The quantitative estimate of drug-likeness (QED) is 0.565. The van der Waals surface area contributed by atoms with Crippen molar-refractivity contribution in [1.29, 1.82) is 0 Å². The van der Waals surface area contributed by atoms with Crippen LogP contribution in [0.15, 0.2) is 0 Å². The molecule has 1 heteroatoms. The Morgan fingerprint density at radius 2 is 2.00 bits per heavy atom. The van der Waals surface area contributed by atoms with E-state index in [1.165, 1.54) is 32.4 Å². The van der Waals surface area contributed by atoms with Crippen LogP contribution in [0, 0.1) is 5.92 Å². The van der Waals surface area contributed by atoms with Crippen molar-refractivity contribution in [3.63, 3.8) is 0 Å². The van der Waals surface area contributed by atoms with Gasteiger partial charge in [-0.1, -0.05) is 27.2 Å². The first-order chi connectivity index (χ1) is 5.33. The lowest BCUT2D eigenvalue weighted by atomic mass is 9.96. The van der Waals surface area contributed by atoms with Gasteiger partial charge in [0.05, 0.1) is 0 Å². The van der Waals surface area contributed by atoms with Gasteiger partial charge in [-0.3, -0.25) is 0 Å². The van der Waals surface area contributed by atoms with Crippen LogP contribution in [0.5, 0.6) is 0 Å². The molecule has 1 unspecified atom stereocenters. The van der Waals surface area contributed by atoms with Gasteiger partial charge in [0.2, 0.25) is 0 Å². The molecule has 0 aromatic carbocycles. The van der Waals surface area contributed by atoms with E-state index in [0.29, 0.717) is 0 Å². The first-order valence-corrected chi connectivity index (χ1v) is 5.01. The lowest BCUT2D eigenvalue weighted by Crippen LogP contribution is -2.31. The minimum Gasteiger partial charge on any atom is -0.306 e. The summed E-state index contributed by atoms with van der Waals surface area (Å²) in [6.07, 6.45) is 4.24. The summed E-state index contributed by atoms with van der Waals surface area (Å²) in [7, 11) is 2.22. The highest BCUT2D eigenvalue weighted by molar-refractivity contribution is 4.68. The van der Waals surface area contributed by atoms with Gasteiger partial charge in [-0.15, -0.1) is 0 Å². The third-order valence-corrected chi connectivity index (χ3v) is 2.30. The third kappa shape index (κ3) is 4.41. The van der Waals surface area contributed by atoms with Crippen LogP contribution < -0.4 is 0 Å². The van der Waals surface area contributed by atoms with Gasteiger partial charge in [-0.05, 0) is 32.4 Å². The minimum atomic E-state index is 0.990. The summed E-state index contributed by atoms with van der Waals surface area (Å²) in [5, 5.41) is 0. The molecular weight excluding hydrogens is 134 g/mol. The molecule has 1 saturated heterocycles. The second-order valence-electron chi connectivity index (χ2n) is 3.18. The van der Waals surface area contributed by atoms with E-state index in [1.54, 1.807) is 0 Å². The molecular formula is C10H23N. The maximum atomic E-state index is 2.44. The summed E-state index contributed by atoms with van der Waals surface area (Å²) in [5.74, 6) is 0.990. The van der Waals surface area contributed by atoms with Gasteiger partial charge in [0.15, 0.2) is 0 Å². The van der Waals surface area contributed by atoms with Crippen molar-refractivity contribution in [2.45, 2.75) is 40.0 Å². The molecule has 0 bridgehead atoms. The number of rotatable bonds is 1. The van der Waals surface area contributed by atoms with Crippen molar-refractivity contribution in [3.8, 4) is 0 Å². The van der Waals surface area contributed by atoms with E-state index >= 15 is 0 Å². The summed E-state index contributed by atoms with van der Waals surface area (Å²) in [6, 6.07) is 0. The Morgan fingerprint density at radius 3 is 2.36 bits per heavy atom. The molecule has 68 valence electrons. The smallest absolute Gasteiger partial charge is 0.000651 e. The SMILES string of the molecule is CC.CCC1CCCN(C)C1. The van der Waals surface area contributed by atoms with Crippen molar-refractivity contribution in [2.75, 3.05) is 20.1 Å². The van der Waals surface area contributed by atoms with Gasteiger partial charge in [0.25, 0.3) is 0 Å². The lowest BCUT2D eigenvalue weighted by molar-refractivity contribution is 0.206. The molecule has 0 aliphatic carbocycles. The minimum absolute atomic E-state index is 0.990. The van der Waals surface area contributed by atoms with E-state index in [0.717, 1.165) is 5.92 Å². The van der Waals surface area contributed by atoms with Crippen molar-refractivity contribution < 1.29 is 0 Å². The first-order valence-electron chi connectivity index (χ1n) is 5.01. The Balaban J connectivity index is 0.000000461. The predicted molar refractivity (Wildman–Crippen MR) is 51.9 cm³/mol. The highest BCUT2D eigenvalue weighted by Gasteiger charge is 2.14. The number of hydrogen-bond donors (Lipinski definition) is 0. The van der Waals surface area contributed by atoms with Gasteiger partial charge in [0.1, 0.15) is 0 Å². The molecule has 1 rings (SSSR count). The first kappa shape index (κ1) is 11.0. The molecule has 1 aliphatic heterocycles. The van der Waals surface area contributed by atoms with Crippen LogP contribution in [-0.4, -0.2) is 25.0 Å². The van der Waals surface area contributed by atoms with E-state index in [2.05, 4.69) is 18.9 Å². The Bertz CT molecular complexity index is 80.9. The fraction of sp³-hybridized carbons (Fsp3) is 1.00. The fourth-order valence-electron chi connectivity index (χ4n) is 1.61. The molecule has 0 spiro atoms. The fourth-order valence-corrected chi connectivity index (χ4v) is 1.61. The van der Waals surface area contributed by atoms with Crippen molar-refractivity contribution in [3.05, 3.63) is 0 Å². The topological polar surface area (TPSA) is 3.24 Å². The van der Waals surface area contributed by atoms with E-state index in [4.69, 9.17) is 0 Å². The van der Waals surface area contributed by atoms with E-state index in [1.807, 2.05) is 13.8 Å². The molecule has 1 aliphatic rings. The van der Waals surface area contributed by atoms with Crippen LogP contribution in [0.4, 0.5) is 0 Å². The molecule has 0 aromatic heterocycles. The van der Waals surface area contributed by atoms with Crippen molar-refractivity contribution in [1.82, 2.24) is 4.90 Å². The molecule has 0 radical (unpaired) electrons. The molecule has 11 heavy (non-hydrogen) atoms. The van der Waals surface area contributed by atoms with Gasteiger partial charge in [-0.2, -0.15) is 0 Å². The molecule has 0 amide bonds. The lowest BCUT2D eigenvalue weighted by Gasteiger charge is -2.28. The van der Waals surface area contributed by atoms with E-state index < -0.39 is 0 Å². The van der Waals surface area contributed by atoms with Crippen LogP contribution in [0.3, 0.4) is 0 Å². The van der Waals surface area contributed by atoms with Crippen LogP contribution in [0.25, 0.3) is 0 Å². The highest BCUT2D eigenvalue weighted by atomic mass is 15.1. The number of piperidine rings is 1. The molecule has 1 fully saturated rings. The second kappa shape index (κ2) is 6.66. The van der Waals surface area contributed by atoms with Crippen molar-refractivity contribution in [2.24, 2.45) is 5.92 Å². The number of hydrogen-bond acceptors (Lipinski definition) is 1. The summed E-state index contributed by atoms with van der Waals surface area (Å²) < 4.78 is 0. The second-order valence-corrected chi connectivity index (χ2v) is 3.18. The Labute approximate surface area is 71.8 Å². The normalized spacial score (nSPS) is 25.6. The van der Waals surface area contributed by atoms with Gasteiger partial charge < -0.3 is 4.90 Å². The predicted octanol–water partition coefficient (Wildman–Crippen LogP) is 2.76. The standard InChI is InChI=1S/C8H17N.C2H6/c1-3-8-5-4-6-9(2)7-8;1-2/h8H,3-7H2,1-2H3;1-2H3. The average molecular weight is 157 g/mol. The number of nitrogens with zero attached hydrogens (tertiary/aromatic N) is 1. The Morgan fingerprint density at radius 1 is 1.36 bits per heavy atom. The Kier molecular flexibility index (Phi) is 6.63. The summed E-state index contributed by atoms with van der Waals surface area (Å²) in [5.41, 5.74) is 0. The largest absolute Gasteiger partial charge is 0.306 e. The zero-order valence-corrected chi connectivity index (χ0v) is 8.56. The zero-order valence-electron chi connectivity index (χ0n) is 8.56. The highest BCUT2D eigenvalue weighted by Crippen LogP contribution is 2.17. The average Bonchev–Trinajstić information content (AvgIpc) is 2.08. The summed E-state index contributed by atoms with van der Waals surface area (Å²) in [4.78, 5) is 2.44. The van der Waals surface area contributed by atoms with Gasteiger partial charge in [0, 0.05) is 6.54 Å². The maximum absolute atomic E-state index is 2.44. The number of likely N-dealkylation sites (tertiary alicyclic amines) is 1. The molecule has 0 saturated carbocycles. The molecule has 1 nitrogen and oxygen atoms in total. The maximum Gasteiger partial charge on any atom is 0.000651 e. The van der Waals surface area contributed by atoms with Crippen molar-refractivity contribution >= 4 is 0 Å². The third-order valence-electron chi connectivity index (χ3n) is 2.30. The van der Waals surface area contributed by atoms with Crippen LogP contribution in [0.1, 0.15) is 40.0 Å². The monoisotopic (exact) mass is 157 g/mol. The van der Waals surface area contributed by atoms with E-state index in [-0.39, 0.29) is 0 Å². The van der Waals surface area contributed by atoms with E-state index in [9.17, 15) is 0 Å². The van der Waals surface area contributed by atoms with Crippen LogP contribution in [-0.2, 0) is 0 Å². The molecule has 1 heterocycles. The molecule has 0 N–H and O–H groups in total.